The van der Waals surface area contributed by atoms with Gasteiger partial charge in [0.15, 0.2) is 0 Å². The molecule has 0 unspecified atom stereocenters. The van der Waals surface area contributed by atoms with E-state index in [0.717, 1.165) is 35.5 Å². The molecule has 1 aromatic heterocycles. The smallest absolute Gasteiger partial charge is 0.250 e. The summed E-state index contributed by atoms with van der Waals surface area (Å²) in [6, 6.07) is 11.6. The minimum atomic E-state index is -0.388. The third kappa shape index (κ3) is 3.23. The first-order valence-electron chi connectivity index (χ1n) is 9.95. The number of benzene rings is 1. The van der Waals surface area contributed by atoms with Gasteiger partial charge in [-0.1, -0.05) is 32.9 Å². The van der Waals surface area contributed by atoms with E-state index in [4.69, 9.17) is 4.74 Å². The largest absolute Gasteiger partial charge is 0.497 e. The number of hydrogen-bond acceptors (Lipinski definition) is 3. The minimum absolute atomic E-state index is 0.0533. The van der Waals surface area contributed by atoms with Crippen LogP contribution in [0.1, 0.15) is 38.8 Å². The minimum Gasteiger partial charge on any atom is -0.497 e. The first-order chi connectivity index (χ1) is 13.3. The summed E-state index contributed by atoms with van der Waals surface area (Å²) in [7, 11) is 1.65. The molecule has 2 aliphatic rings. The SMILES string of the molecule is COc1ccc(-c2ccc(=O)n3c2[C@@H]2C[C@@H](CN(C(=O)C(C)(C)C)C2)C3)cc1. The van der Waals surface area contributed by atoms with Crippen LogP contribution in [0.25, 0.3) is 11.1 Å². The Morgan fingerprint density at radius 1 is 1.04 bits per heavy atom. The van der Waals surface area contributed by atoms with E-state index in [1.807, 2.05) is 60.6 Å². The van der Waals surface area contributed by atoms with Gasteiger partial charge in [0, 0.05) is 48.3 Å². The monoisotopic (exact) mass is 380 g/mol. The van der Waals surface area contributed by atoms with Crippen molar-refractivity contribution in [1.29, 1.82) is 0 Å². The van der Waals surface area contributed by atoms with Crippen LogP contribution in [0.4, 0.5) is 0 Å². The van der Waals surface area contributed by atoms with Gasteiger partial charge < -0.3 is 14.2 Å². The number of aromatic nitrogens is 1. The topological polar surface area (TPSA) is 51.5 Å². The molecule has 5 heteroatoms. The summed E-state index contributed by atoms with van der Waals surface area (Å²) in [4.78, 5) is 27.5. The van der Waals surface area contributed by atoms with Crippen LogP contribution in [0, 0.1) is 11.3 Å². The molecule has 1 aromatic carbocycles. The molecular weight excluding hydrogens is 352 g/mol. The number of pyridine rings is 1. The number of nitrogens with zero attached hydrogens (tertiary/aromatic N) is 2. The number of carbonyl (C=O) groups excluding carboxylic acids is 1. The summed E-state index contributed by atoms with van der Waals surface area (Å²) in [6.07, 6.45) is 1.03. The molecule has 0 saturated carbocycles. The number of rotatable bonds is 2. The molecule has 28 heavy (non-hydrogen) atoms. The number of fused-ring (bicyclic) bond motifs is 4. The third-order valence-corrected chi connectivity index (χ3v) is 5.92. The fourth-order valence-corrected chi connectivity index (χ4v) is 4.67. The standard InChI is InChI=1S/C23H28N2O3/c1-23(2,3)22(27)24-12-15-11-17(14-24)21-19(9-10-20(26)25(21)13-15)16-5-7-18(28-4)8-6-16/h5-10,15,17H,11-14H2,1-4H3/t15-,17+/m0/s1. The molecule has 0 radical (unpaired) electrons. The Hall–Kier alpha value is -2.56. The van der Waals surface area contributed by atoms with Gasteiger partial charge in [0.25, 0.3) is 5.56 Å². The first-order valence-corrected chi connectivity index (χ1v) is 9.95. The average molecular weight is 380 g/mol. The normalized spacial score (nSPS) is 21.2. The number of hydrogen-bond donors (Lipinski definition) is 0. The molecule has 1 amide bonds. The van der Waals surface area contributed by atoms with Gasteiger partial charge in [-0.05, 0) is 36.1 Å². The highest BCUT2D eigenvalue weighted by Crippen LogP contribution is 2.40. The average Bonchev–Trinajstić information content (AvgIpc) is 2.67. The molecule has 2 aromatic rings. The van der Waals surface area contributed by atoms with Crippen molar-refractivity contribution in [3.8, 4) is 16.9 Å². The zero-order valence-corrected chi connectivity index (χ0v) is 17.1. The van der Waals surface area contributed by atoms with Crippen molar-refractivity contribution < 1.29 is 9.53 Å². The van der Waals surface area contributed by atoms with Crippen LogP contribution in [-0.2, 0) is 11.3 Å². The Morgan fingerprint density at radius 3 is 2.39 bits per heavy atom. The lowest BCUT2D eigenvalue weighted by molar-refractivity contribution is -0.142. The quantitative estimate of drug-likeness (QED) is 0.801. The van der Waals surface area contributed by atoms with Crippen molar-refractivity contribution in [3.63, 3.8) is 0 Å². The first kappa shape index (κ1) is 18.8. The number of likely N-dealkylation sites (tertiary alicyclic amines) is 1. The highest BCUT2D eigenvalue weighted by molar-refractivity contribution is 5.82. The van der Waals surface area contributed by atoms with Crippen molar-refractivity contribution in [2.45, 2.75) is 39.7 Å². The van der Waals surface area contributed by atoms with Crippen LogP contribution in [0.15, 0.2) is 41.2 Å². The Kier molecular flexibility index (Phi) is 4.56. The second-order valence-electron chi connectivity index (χ2n) is 9.07. The molecule has 3 heterocycles. The van der Waals surface area contributed by atoms with E-state index in [-0.39, 0.29) is 22.8 Å². The molecule has 1 fully saturated rings. The van der Waals surface area contributed by atoms with Gasteiger partial charge in [-0.15, -0.1) is 0 Å². The summed E-state index contributed by atoms with van der Waals surface area (Å²) in [5.41, 5.74) is 2.89. The van der Waals surface area contributed by atoms with Crippen molar-refractivity contribution in [2.75, 3.05) is 20.2 Å². The fourth-order valence-electron chi connectivity index (χ4n) is 4.67. The van der Waals surface area contributed by atoms with Crippen LogP contribution >= 0.6 is 0 Å². The summed E-state index contributed by atoms with van der Waals surface area (Å²) >= 11 is 0. The highest BCUT2D eigenvalue weighted by Gasteiger charge is 2.40. The van der Waals surface area contributed by atoms with Crippen LogP contribution in [0.5, 0.6) is 5.75 Å². The molecule has 5 nitrogen and oxygen atoms in total. The van der Waals surface area contributed by atoms with Gasteiger partial charge in [-0.25, -0.2) is 0 Å². The maximum atomic E-state index is 12.9. The second-order valence-corrected chi connectivity index (χ2v) is 9.07. The molecule has 0 N–H and O–H groups in total. The number of methoxy groups -OCH3 is 1. The third-order valence-electron chi connectivity index (χ3n) is 5.92. The van der Waals surface area contributed by atoms with Gasteiger partial charge in [0.1, 0.15) is 5.75 Å². The maximum Gasteiger partial charge on any atom is 0.250 e. The lowest BCUT2D eigenvalue weighted by atomic mass is 9.79. The Morgan fingerprint density at radius 2 is 1.75 bits per heavy atom. The summed E-state index contributed by atoms with van der Waals surface area (Å²) in [5, 5.41) is 0. The zero-order valence-electron chi connectivity index (χ0n) is 17.1. The fraction of sp³-hybridized carbons (Fsp3) is 0.478. The highest BCUT2D eigenvalue weighted by atomic mass is 16.5. The number of piperidine rings is 1. The van der Waals surface area contributed by atoms with E-state index in [0.29, 0.717) is 19.0 Å². The lowest BCUT2D eigenvalue weighted by Crippen LogP contribution is -2.51. The van der Waals surface area contributed by atoms with E-state index >= 15 is 0 Å². The second kappa shape index (κ2) is 6.80. The Balaban J connectivity index is 1.76. The molecule has 2 aliphatic heterocycles. The van der Waals surface area contributed by atoms with Crippen LogP contribution < -0.4 is 10.3 Å². The van der Waals surface area contributed by atoms with Gasteiger partial charge >= 0.3 is 0 Å². The van der Waals surface area contributed by atoms with E-state index in [2.05, 4.69) is 0 Å². The molecule has 4 rings (SSSR count). The van der Waals surface area contributed by atoms with E-state index in [1.165, 1.54) is 0 Å². The molecule has 1 saturated heterocycles. The van der Waals surface area contributed by atoms with Gasteiger partial charge in [-0.3, -0.25) is 9.59 Å². The number of amides is 1. The van der Waals surface area contributed by atoms with Gasteiger partial charge in [0.2, 0.25) is 5.91 Å². The van der Waals surface area contributed by atoms with Crippen molar-refractivity contribution in [2.24, 2.45) is 11.3 Å². The van der Waals surface area contributed by atoms with E-state index in [9.17, 15) is 9.59 Å². The van der Waals surface area contributed by atoms with E-state index < -0.39 is 0 Å². The molecular formula is C23H28N2O3. The molecule has 2 atom stereocenters. The predicted molar refractivity (Wildman–Crippen MR) is 110 cm³/mol. The Bertz CT molecular complexity index is 953. The van der Waals surface area contributed by atoms with Crippen molar-refractivity contribution in [3.05, 3.63) is 52.4 Å². The zero-order chi connectivity index (χ0) is 20.1. The summed E-state index contributed by atoms with van der Waals surface area (Å²) < 4.78 is 7.22. The predicted octanol–water partition coefficient (Wildman–Crippen LogP) is 3.52. The molecule has 0 spiro atoms. The van der Waals surface area contributed by atoms with Crippen LogP contribution in [0.3, 0.4) is 0 Å². The van der Waals surface area contributed by atoms with Crippen molar-refractivity contribution in [1.82, 2.24) is 9.47 Å². The van der Waals surface area contributed by atoms with Crippen molar-refractivity contribution >= 4 is 5.91 Å². The molecule has 148 valence electrons. The summed E-state index contributed by atoms with van der Waals surface area (Å²) in [6.45, 7) is 8.02. The maximum absolute atomic E-state index is 12.9. The number of carbonyl (C=O) groups is 1. The van der Waals surface area contributed by atoms with Gasteiger partial charge in [-0.2, -0.15) is 0 Å². The van der Waals surface area contributed by atoms with E-state index in [1.54, 1.807) is 13.2 Å². The number of ether oxygens (including phenoxy) is 1. The Labute approximate surface area is 165 Å². The van der Waals surface area contributed by atoms with Crippen LogP contribution in [-0.4, -0.2) is 35.6 Å². The lowest BCUT2D eigenvalue weighted by Gasteiger charge is -2.45. The molecule has 0 aliphatic carbocycles. The summed E-state index contributed by atoms with van der Waals surface area (Å²) in [5.74, 6) is 1.52. The van der Waals surface area contributed by atoms with Gasteiger partial charge in [0.05, 0.1) is 7.11 Å². The van der Waals surface area contributed by atoms with Crippen LogP contribution in [0.2, 0.25) is 0 Å². The molecule has 2 bridgehead atoms.